The van der Waals surface area contributed by atoms with Crippen LogP contribution in [0, 0.1) is 6.92 Å². The van der Waals surface area contributed by atoms with E-state index in [9.17, 15) is 18.0 Å². The normalized spacial score (nSPS) is 12.5. The van der Waals surface area contributed by atoms with Crippen molar-refractivity contribution in [2.75, 3.05) is 5.32 Å². The average Bonchev–Trinajstić information content (AvgIpc) is 3.24. The average molecular weight is 502 g/mol. The Bertz CT molecular complexity index is 1640. The number of amides is 2. The molecule has 0 atom stereocenters. The molecule has 5 N–H and O–H groups in total. The molecule has 0 aliphatic heterocycles. The summed E-state index contributed by atoms with van der Waals surface area (Å²) >= 11 is 0. The summed E-state index contributed by atoms with van der Waals surface area (Å²) < 4.78 is 24.9. The summed E-state index contributed by atoms with van der Waals surface area (Å²) in [6.45, 7) is 1.87. The quantitative estimate of drug-likeness (QED) is 0.384. The van der Waals surface area contributed by atoms with E-state index in [0.29, 0.717) is 41.0 Å². The number of carbonyl (C=O) groups is 2. The van der Waals surface area contributed by atoms with E-state index in [1.54, 1.807) is 22.9 Å². The molecule has 0 bridgehead atoms. The van der Waals surface area contributed by atoms with Gasteiger partial charge in [-0.25, -0.2) is 18.2 Å². The van der Waals surface area contributed by atoms with E-state index in [2.05, 4.69) is 10.4 Å². The van der Waals surface area contributed by atoms with Gasteiger partial charge in [-0.1, -0.05) is 24.3 Å². The molecule has 0 unspecified atom stereocenters. The number of nitrogens with one attached hydrogen (secondary N) is 1. The number of rotatable bonds is 5. The van der Waals surface area contributed by atoms with E-state index in [4.69, 9.17) is 10.9 Å². The molecule has 0 fully saturated rings. The van der Waals surface area contributed by atoms with Gasteiger partial charge in [0, 0.05) is 22.4 Å². The molecule has 4 aromatic rings. The predicted octanol–water partition coefficient (Wildman–Crippen LogP) is 2.94. The number of sulfonamides is 1. The number of aromatic nitrogens is 2. The number of nitrogens with zero attached hydrogens (tertiary/aromatic N) is 2. The lowest BCUT2D eigenvalue weighted by Gasteiger charge is -2.20. The first-order valence-electron chi connectivity index (χ1n) is 11.2. The number of primary sulfonamides is 1. The summed E-state index contributed by atoms with van der Waals surface area (Å²) in [5.41, 5.74) is 11.5. The van der Waals surface area contributed by atoms with Gasteiger partial charge in [-0.15, -0.1) is 0 Å². The van der Waals surface area contributed by atoms with Crippen molar-refractivity contribution in [2.45, 2.75) is 24.7 Å². The van der Waals surface area contributed by atoms with Crippen LogP contribution in [0.4, 0.5) is 5.69 Å². The summed E-state index contributed by atoms with van der Waals surface area (Å²) in [6.07, 6.45) is 1.23. The summed E-state index contributed by atoms with van der Waals surface area (Å²) in [5.74, 6) is -0.882. The van der Waals surface area contributed by atoms with Gasteiger partial charge in [0.2, 0.25) is 10.0 Å². The Kier molecular flexibility index (Phi) is 5.70. The first-order valence-corrected chi connectivity index (χ1v) is 12.7. The fourth-order valence-corrected chi connectivity index (χ4v) is 5.02. The highest BCUT2D eigenvalue weighted by atomic mass is 32.2. The van der Waals surface area contributed by atoms with E-state index in [1.165, 1.54) is 12.1 Å². The summed E-state index contributed by atoms with van der Waals surface area (Å²) in [5, 5.41) is 12.7. The van der Waals surface area contributed by atoms with Crippen LogP contribution in [-0.4, -0.2) is 30.0 Å². The number of hydrogen-bond acceptors (Lipinski definition) is 5. The molecule has 1 heterocycles. The molecule has 10 heteroatoms. The second-order valence-electron chi connectivity index (χ2n) is 8.63. The van der Waals surface area contributed by atoms with Gasteiger partial charge in [-0.3, -0.25) is 9.59 Å². The molecule has 3 aromatic carbocycles. The van der Waals surface area contributed by atoms with Crippen LogP contribution in [0.3, 0.4) is 0 Å². The number of fused-ring (bicyclic) bond motifs is 3. The van der Waals surface area contributed by atoms with Crippen LogP contribution in [0.15, 0.2) is 71.6 Å². The van der Waals surface area contributed by atoms with E-state index in [0.717, 1.165) is 16.7 Å². The number of primary amides is 1. The Hall–Kier alpha value is -4.28. The van der Waals surface area contributed by atoms with Gasteiger partial charge in [-0.2, -0.15) is 5.10 Å². The van der Waals surface area contributed by atoms with Gasteiger partial charge in [0.25, 0.3) is 11.8 Å². The molecule has 182 valence electrons. The number of hydrogen-bond donors (Lipinski definition) is 3. The summed E-state index contributed by atoms with van der Waals surface area (Å²) in [4.78, 5) is 25.1. The van der Waals surface area contributed by atoms with Crippen LogP contribution < -0.4 is 16.2 Å². The van der Waals surface area contributed by atoms with Gasteiger partial charge < -0.3 is 11.1 Å². The monoisotopic (exact) mass is 501 g/mol. The van der Waals surface area contributed by atoms with Crippen molar-refractivity contribution >= 4 is 27.5 Å². The van der Waals surface area contributed by atoms with Crippen LogP contribution in [0.5, 0.6) is 0 Å². The van der Waals surface area contributed by atoms with Crippen molar-refractivity contribution < 1.29 is 18.0 Å². The van der Waals surface area contributed by atoms with Crippen molar-refractivity contribution in [2.24, 2.45) is 10.9 Å². The Morgan fingerprint density at radius 3 is 2.39 bits per heavy atom. The van der Waals surface area contributed by atoms with Crippen LogP contribution in [0.25, 0.3) is 16.9 Å². The van der Waals surface area contributed by atoms with E-state index < -0.39 is 15.9 Å². The highest BCUT2D eigenvalue weighted by molar-refractivity contribution is 7.89. The third-order valence-electron chi connectivity index (χ3n) is 6.28. The second-order valence-corrected chi connectivity index (χ2v) is 10.2. The molecule has 9 nitrogen and oxygen atoms in total. The Balaban J connectivity index is 1.61. The molecule has 1 aliphatic rings. The number of benzene rings is 3. The minimum atomic E-state index is -3.86. The highest BCUT2D eigenvalue weighted by Crippen LogP contribution is 2.38. The van der Waals surface area contributed by atoms with Crippen molar-refractivity contribution in [3.05, 3.63) is 94.7 Å². The zero-order valence-corrected chi connectivity index (χ0v) is 20.2. The minimum absolute atomic E-state index is 0.0380. The molecule has 0 radical (unpaired) electrons. The maximum absolute atomic E-state index is 12.9. The number of anilines is 1. The molecule has 5 rings (SSSR count). The highest BCUT2D eigenvalue weighted by Gasteiger charge is 2.28. The third kappa shape index (κ3) is 4.16. The van der Waals surface area contributed by atoms with Gasteiger partial charge in [-0.05, 0) is 73.4 Å². The third-order valence-corrected chi connectivity index (χ3v) is 7.21. The fourth-order valence-electron chi connectivity index (χ4n) is 4.50. The van der Waals surface area contributed by atoms with E-state index >= 15 is 0 Å². The maximum Gasteiger partial charge on any atom is 0.269 e. The van der Waals surface area contributed by atoms with Crippen LogP contribution >= 0.6 is 0 Å². The first-order chi connectivity index (χ1) is 17.1. The first kappa shape index (κ1) is 23.5. The number of aryl methyl sites for hydroxylation is 2. The SMILES string of the molecule is Cc1ccccc1C(=O)Nc1ccc2c(c1)-c1c(c(C(N)=O)nn1-c1ccc(S(N)(=O)=O)cc1)CC2. The van der Waals surface area contributed by atoms with Crippen LogP contribution in [0.2, 0.25) is 0 Å². The van der Waals surface area contributed by atoms with Crippen molar-refractivity contribution in [1.82, 2.24) is 9.78 Å². The van der Waals surface area contributed by atoms with E-state index in [-0.39, 0.29) is 16.5 Å². The van der Waals surface area contributed by atoms with Crippen molar-refractivity contribution in [1.29, 1.82) is 0 Å². The van der Waals surface area contributed by atoms with Gasteiger partial charge >= 0.3 is 0 Å². The number of carbonyl (C=O) groups excluding carboxylic acids is 2. The molecule has 36 heavy (non-hydrogen) atoms. The van der Waals surface area contributed by atoms with Gasteiger partial charge in [0.1, 0.15) is 0 Å². The topological polar surface area (TPSA) is 150 Å². The predicted molar refractivity (Wildman–Crippen MR) is 135 cm³/mol. The lowest BCUT2D eigenvalue weighted by atomic mass is 9.88. The molecule has 1 aromatic heterocycles. The molecular weight excluding hydrogens is 478 g/mol. The summed E-state index contributed by atoms with van der Waals surface area (Å²) in [7, 11) is -3.86. The lowest BCUT2D eigenvalue weighted by molar-refractivity contribution is 0.0992. The Morgan fingerprint density at radius 1 is 1.00 bits per heavy atom. The van der Waals surface area contributed by atoms with Gasteiger partial charge in [0.05, 0.1) is 16.3 Å². The Labute approximate surface area is 207 Å². The zero-order chi connectivity index (χ0) is 25.6. The Morgan fingerprint density at radius 2 is 1.72 bits per heavy atom. The van der Waals surface area contributed by atoms with Gasteiger partial charge in [0.15, 0.2) is 5.69 Å². The van der Waals surface area contributed by atoms with Crippen LogP contribution in [-0.2, 0) is 22.9 Å². The fraction of sp³-hybridized carbons (Fsp3) is 0.115. The minimum Gasteiger partial charge on any atom is -0.364 e. The molecule has 1 aliphatic carbocycles. The van der Waals surface area contributed by atoms with Crippen molar-refractivity contribution in [3.8, 4) is 16.9 Å². The standard InChI is InChI=1S/C26H23N5O4S/c1-15-4-2-3-5-20(15)26(33)29-17-8-6-16-7-13-21-23(25(27)32)30-31(24(21)22(16)14-17)18-9-11-19(12-10-18)36(28,34)35/h2-6,8-12,14H,7,13H2,1H3,(H2,27,32)(H,29,33)(H2,28,34,35). The number of nitrogens with two attached hydrogens (primary N) is 2. The van der Waals surface area contributed by atoms with Crippen LogP contribution in [0.1, 0.15) is 37.5 Å². The molecule has 0 spiro atoms. The lowest BCUT2D eigenvalue weighted by Crippen LogP contribution is -2.16. The zero-order valence-electron chi connectivity index (χ0n) is 19.4. The van der Waals surface area contributed by atoms with Crippen molar-refractivity contribution in [3.63, 3.8) is 0 Å². The molecule has 0 saturated heterocycles. The molecular formula is C26H23N5O4S. The largest absolute Gasteiger partial charge is 0.364 e. The summed E-state index contributed by atoms with van der Waals surface area (Å²) in [6, 6.07) is 18.9. The smallest absolute Gasteiger partial charge is 0.269 e. The maximum atomic E-state index is 12.9. The van der Waals surface area contributed by atoms with E-state index in [1.807, 2.05) is 43.3 Å². The molecule has 2 amide bonds. The second kappa shape index (κ2) is 8.74. The molecule has 0 saturated carbocycles.